The first-order valence-corrected chi connectivity index (χ1v) is 11.4. The van der Waals surface area contributed by atoms with Crippen LogP contribution in [0.2, 0.25) is 0 Å². The molecular formula is C24H23N5OS. The molecule has 31 heavy (non-hydrogen) atoms. The van der Waals surface area contributed by atoms with Crippen LogP contribution in [0.15, 0.2) is 78.0 Å². The van der Waals surface area contributed by atoms with E-state index in [0.29, 0.717) is 5.75 Å². The standard InChI is InChI=1S/C24H23N5OS/c30-22(29-15-13-28(14-16-29)18-7-2-1-3-8-18)17-31-24-19(9-6-12-25-24)23-26-20-10-4-5-11-21(20)27-23/h1-12H,13-17H2,(H,26,27). The Morgan fingerprint density at radius 3 is 2.52 bits per heavy atom. The van der Waals surface area contributed by atoms with Crippen LogP contribution >= 0.6 is 11.8 Å². The van der Waals surface area contributed by atoms with Crippen LogP contribution in [0.5, 0.6) is 0 Å². The summed E-state index contributed by atoms with van der Waals surface area (Å²) in [7, 11) is 0. The van der Waals surface area contributed by atoms with Gasteiger partial charge in [0.2, 0.25) is 5.91 Å². The van der Waals surface area contributed by atoms with Crippen LogP contribution < -0.4 is 4.90 Å². The molecule has 1 fully saturated rings. The zero-order valence-electron chi connectivity index (χ0n) is 17.1. The van der Waals surface area contributed by atoms with Gasteiger partial charge in [-0.25, -0.2) is 9.97 Å². The van der Waals surface area contributed by atoms with Crippen LogP contribution in [0.25, 0.3) is 22.4 Å². The number of hydrogen-bond acceptors (Lipinski definition) is 5. The summed E-state index contributed by atoms with van der Waals surface area (Å²) in [5.41, 5.74) is 4.05. The van der Waals surface area contributed by atoms with E-state index in [1.54, 1.807) is 6.20 Å². The minimum Gasteiger partial charge on any atom is -0.368 e. The van der Waals surface area contributed by atoms with Crippen molar-refractivity contribution in [2.75, 3.05) is 36.8 Å². The molecule has 1 aliphatic rings. The van der Waals surface area contributed by atoms with Crippen LogP contribution in [-0.4, -0.2) is 57.7 Å². The second-order valence-electron chi connectivity index (χ2n) is 7.45. The molecule has 1 aliphatic heterocycles. The number of thioether (sulfide) groups is 1. The number of piperazine rings is 1. The molecule has 0 atom stereocenters. The fraction of sp³-hybridized carbons (Fsp3) is 0.208. The number of carbonyl (C=O) groups is 1. The lowest BCUT2D eigenvalue weighted by atomic mass is 10.2. The number of nitrogens with one attached hydrogen (secondary N) is 1. The number of fused-ring (bicyclic) bond motifs is 1. The van der Waals surface area contributed by atoms with Gasteiger partial charge in [-0.15, -0.1) is 0 Å². The number of aromatic nitrogens is 3. The molecule has 0 unspecified atom stereocenters. The van der Waals surface area contributed by atoms with E-state index in [-0.39, 0.29) is 5.91 Å². The van der Waals surface area contributed by atoms with Crippen molar-refractivity contribution in [3.05, 3.63) is 72.9 Å². The second kappa shape index (κ2) is 8.81. The lowest BCUT2D eigenvalue weighted by molar-refractivity contribution is -0.128. The fourth-order valence-electron chi connectivity index (χ4n) is 3.84. The normalized spacial score (nSPS) is 14.2. The number of benzene rings is 2. The highest BCUT2D eigenvalue weighted by molar-refractivity contribution is 8.00. The van der Waals surface area contributed by atoms with Gasteiger partial charge in [-0.3, -0.25) is 4.79 Å². The first-order chi connectivity index (χ1) is 15.3. The van der Waals surface area contributed by atoms with E-state index in [1.165, 1.54) is 17.4 Å². The number of imidazole rings is 1. The summed E-state index contributed by atoms with van der Waals surface area (Å²) in [6, 6.07) is 22.2. The van der Waals surface area contributed by atoms with Gasteiger partial charge in [-0.05, 0) is 36.4 Å². The molecule has 1 saturated heterocycles. The Morgan fingerprint density at radius 1 is 0.935 bits per heavy atom. The predicted molar refractivity (Wildman–Crippen MR) is 125 cm³/mol. The number of para-hydroxylation sites is 3. The molecule has 6 nitrogen and oxygen atoms in total. The summed E-state index contributed by atoms with van der Waals surface area (Å²) in [4.78, 5) is 29.7. The maximum absolute atomic E-state index is 12.8. The number of carbonyl (C=O) groups excluding carboxylic acids is 1. The molecule has 0 aliphatic carbocycles. The summed E-state index contributed by atoms with van der Waals surface area (Å²) in [6.45, 7) is 3.20. The number of H-pyrrole nitrogens is 1. The Morgan fingerprint density at radius 2 is 1.71 bits per heavy atom. The molecule has 2 aromatic carbocycles. The lowest BCUT2D eigenvalue weighted by Gasteiger charge is -2.36. The van der Waals surface area contributed by atoms with Crippen molar-refractivity contribution in [3.8, 4) is 11.4 Å². The van der Waals surface area contributed by atoms with Gasteiger partial charge in [0.05, 0.1) is 16.8 Å². The first kappa shape index (κ1) is 19.6. The number of hydrogen-bond donors (Lipinski definition) is 1. The Kier molecular flexibility index (Phi) is 5.58. The van der Waals surface area contributed by atoms with Crippen molar-refractivity contribution < 1.29 is 4.79 Å². The number of rotatable bonds is 5. The largest absolute Gasteiger partial charge is 0.368 e. The van der Waals surface area contributed by atoms with E-state index in [2.05, 4.69) is 44.1 Å². The Balaban J connectivity index is 1.23. The molecular weight excluding hydrogens is 406 g/mol. The van der Waals surface area contributed by atoms with Gasteiger partial charge in [0.1, 0.15) is 10.9 Å². The SMILES string of the molecule is O=C(CSc1ncccc1-c1nc2ccccc2[nH]1)N1CCN(c2ccccc2)CC1. The highest BCUT2D eigenvalue weighted by atomic mass is 32.2. The summed E-state index contributed by atoms with van der Waals surface area (Å²) in [5.74, 6) is 1.30. The highest BCUT2D eigenvalue weighted by Gasteiger charge is 2.22. The molecule has 1 amide bonds. The molecule has 0 radical (unpaired) electrons. The van der Waals surface area contributed by atoms with Crippen molar-refractivity contribution in [1.82, 2.24) is 19.9 Å². The van der Waals surface area contributed by atoms with E-state index in [0.717, 1.165) is 53.6 Å². The van der Waals surface area contributed by atoms with Gasteiger partial charge in [0, 0.05) is 43.6 Å². The monoisotopic (exact) mass is 429 g/mol. The van der Waals surface area contributed by atoms with Gasteiger partial charge in [0.25, 0.3) is 0 Å². The van der Waals surface area contributed by atoms with Gasteiger partial charge >= 0.3 is 0 Å². The summed E-state index contributed by atoms with van der Waals surface area (Å²) < 4.78 is 0. The smallest absolute Gasteiger partial charge is 0.233 e. The highest BCUT2D eigenvalue weighted by Crippen LogP contribution is 2.29. The van der Waals surface area contributed by atoms with Gasteiger partial charge in [-0.2, -0.15) is 0 Å². The first-order valence-electron chi connectivity index (χ1n) is 10.4. The number of pyridine rings is 1. The van der Waals surface area contributed by atoms with Gasteiger partial charge in [0.15, 0.2) is 0 Å². The summed E-state index contributed by atoms with van der Waals surface area (Å²) in [5, 5.41) is 0.817. The van der Waals surface area contributed by atoms with E-state index >= 15 is 0 Å². The van der Waals surface area contributed by atoms with Crippen LogP contribution in [0, 0.1) is 0 Å². The van der Waals surface area contributed by atoms with Crippen molar-refractivity contribution in [2.45, 2.75) is 5.03 Å². The van der Waals surface area contributed by atoms with Crippen molar-refractivity contribution in [3.63, 3.8) is 0 Å². The third-order valence-electron chi connectivity index (χ3n) is 5.50. The summed E-state index contributed by atoms with van der Waals surface area (Å²) in [6.07, 6.45) is 1.76. The predicted octanol–water partition coefficient (Wildman–Crippen LogP) is 4.07. The molecule has 156 valence electrons. The molecule has 4 aromatic rings. The van der Waals surface area contributed by atoms with Crippen molar-refractivity contribution in [1.29, 1.82) is 0 Å². The molecule has 2 aromatic heterocycles. The zero-order chi connectivity index (χ0) is 21.0. The lowest BCUT2D eigenvalue weighted by Crippen LogP contribution is -2.49. The second-order valence-corrected chi connectivity index (χ2v) is 8.41. The molecule has 5 rings (SSSR count). The minimum atomic E-state index is 0.152. The Bertz CT molecular complexity index is 1150. The van der Waals surface area contributed by atoms with E-state index in [1.807, 2.05) is 47.4 Å². The molecule has 3 heterocycles. The Hall–Kier alpha value is -3.32. The van der Waals surface area contributed by atoms with Crippen LogP contribution in [0.4, 0.5) is 5.69 Å². The van der Waals surface area contributed by atoms with Crippen molar-refractivity contribution >= 4 is 34.4 Å². The van der Waals surface area contributed by atoms with Crippen LogP contribution in [-0.2, 0) is 4.79 Å². The van der Waals surface area contributed by atoms with Crippen LogP contribution in [0.1, 0.15) is 0 Å². The topological polar surface area (TPSA) is 65.1 Å². The molecule has 0 spiro atoms. The zero-order valence-corrected chi connectivity index (χ0v) is 17.9. The third-order valence-corrected chi connectivity index (χ3v) is 6.49. The third kappa shape index (κ3) is 4.27. The molecule has 0 bridgehead atoms. The average Bonchev–Trinajstić information content (AvgIpc) is 3.27. The van der Waals surface area contributed by atoms with E-state index in [9.17, 15) is 4.79 Å². The molecule has 7 heteroatoms. The molecule has 1 N–H and O–H groups in total. The van der Waals surface area contributed by atoms with E-state index < -0.39 is 0 Å². The Labute approximate surface area is 185 Å². The van der Waals surface area contributed by atoms with E-state index in [4.69, 9.17) is 0 Å². The number of anilines is 1. The van der Waals surface area contributed by atoms with Gasteiger partial charge in [-0.1, -0.05) is 42.1 Å². The minimum absolute atomic E-state index is 0.152. The number of amides is 1. The van der Waals surface area contributed by atoms with Crippen molar-refractivity contribution in [2.24, 2.45) is 0 Å². The van der Waals surface area contributed by atoms with Crippen LogP contribution in [0.3, 0.4) is 0 Å². The molecule has 0 saturated carbocycles. The van der Waals surface area contributed by atoms with Gasteiger partial charge < -0.3 is 14.8 Å². The average molecular weight is 430 g/mol. The maximum atomic E-state index is 12.8. The number of nitrogens with zero attached hydrogens (tertiary/aromatic N) is 4. The summed E-state index contributed by atoms with van der Waals surface area (Å²) >= 11 is 1.47. The fourth-order valence-corrected chi connectivity index (χ4v) is 4.74. The quantitative estimate of drug-likeness (QED) is 0.485. The maximum Gasteiger partial charge on any atom is 0.233 e. The number of aromatic amines is 1.